The van der Waals surface area contributed by atoms with Crippen LogP contribution < -0.4 is 0 Å². The van der Waals surface area contributed by atoms with E-state index >= 15 is 0 Å². The molecule has 2 heteroatoms. The van der Waals surface area contributed by atoms with Crippen molar-refractivity contribution in [3.63, 3.8) is 0 Å². The molecule has 0 saturated heterocycles. The third-order valence-corrected chi connectivity index (χ3v) is 3.34. The number of alkyl halides is 1. The minimum absolute atomic E-state index is 0.234. The van der Waals surface area contributed by atoms with E-state index in [0.717, 1.165) is 19.6 Å². The number of hydrogen-bond donors (Lipinski definition) is 0. The summed E-state index contributed by atoms with van der Waals surface area (Å²) >= 11 is 5.84. The Morgan fingerprint density at radius 2 is 1.67 bits per heavy atom. The predicted molar refractivity (Wildman–Crippen MR) is 81.4 cm³/mol. The zero-order valence-corrected chi connectivity index (χ0v) is 12.9. The molecule has 0 atom stereocenters. The summed E-state index contributed by atoms with van der Waals surface area (Å²) in [7, 11) is 0. The Labute approximate surface area is 117 Å². The molecular weight excluding hydrogens is 242 g/mol. The molecule has 1 aromatic carbocycles. The van der Waals surface area contributed by atoms with Crippen molar-refractivity contribution in [3.8, 4) is 0 Å². The molecule has 0 amide bonds. The quantitative estimate of drug-likeness (QED) is 0.689. The van der Waals surface area contributed by atoms with Crippen molar-refractivity contribution in [2.75, 3.05) is 19.0 Å². The zero-order chi connectivity index (χ0) is 13.6. The van der Waals surface area contributed by atoms with Crippen LogP contribution in [0.2, 0.25) is 0 Å². The van der Waals surface area contributed by atoms with Crippen molar-refractivity contribution in [2.45, 2.75) is 46.1 Å². The van der Waals surface area contributed by atoms with Crippen molar-refractivity contribution in [2.24, 2.45) is 0 Å². The molecule has 0 spiro atoms. The SMILES string of the molecule is CCCN(CCCl)Cc1ccc(C(C)(C)C)cc1. The Hall–Kier alpha value is -0.530. The van der Waals surface area contributed by atoms with Crippen molar-refractivity contribution < 1.29 is 0 Å². The van der Waals surface area contributed by atoms with Gasteiger partial charge in [0.15, 0.2) is 0 Å². The molecule has 0 heterocycles. The average Bonchev–Trinajstić information content (AvgIpc) is 2.29. The minimum atomic E-state index is 0.234. The first-order chi connectivity index (χ1) is 8.47. The molecule has 0 aliphatic heterocycles. The summed E-state index contributed by atoms with van der Waals surface area (Å²) in [5.74, 6) is 0.708. The van der Waals surface area contributed by atoms with E-state index in [9.17, 15) is 0 Å². The van der Waals surface area contributed by atoms with E-state index in [1.165, 1.54) is 17.5 Å². The van der Waals surface area contributed by atoms with Gasteiger partial charge in [-0.15, -0.1) is 11.6 Å². The summed E-state index contributed by atoms with van der Waals surface area (Å²) in [6.45, 7) is 12.1. The van der Waals surface area contributed by atoms with Gasteiger partial charge < -0.3 is 0 Å². The van der Waals surface area contributed by atoms with Gasteiger partial charge in [-0.1, -0.05) is 52.0 Å². The summed E-state index contributed by atoms with van der Waals surface area (Å²) in [5.41, 5.74) is 3.00. The molecule has 0 aromatic heterocycles. The largest absolute Gasteiger partial charge is 0.298 e. The highest BCUT2D eigenvalue weighted by atomic mass is 35.5. The third kappa shape index (κ3) is 4.99. The highest BCUT2D eigenvalue weighted by Gasteiger charge is 2.13. The van der Waals surface area contributed by atoms with Crippen molar-refractivity contribution in [3.05, 3.63) is 35.4 Å². The van der Waals surface area contributed by atoms with Gasteiger partial charge in [0.25, 0.3) is 0 Å². The summed E-state index contributed by atoms with van der Waals surface area (Å²) < 4.78 is 0. The second-order valence-electron chi connectivity index (χ2n) is 5.91. The smallest absolute Gasteiger partial charge is 0.0351 e. The summed E-state index contributed by atoms with van der Waals surface area (Å²) in [6, 6.07) is 9.00. The van der Waals surface area contributed by atoms with Crippen molar-refractivity contribution in [1.82, 2.24) is 4.90 Å². The van der Waals surface area contributed by atoms with E-state index < -0.39 is 0 Å². The van der Waals surface area contributed by atoms with Gasteiger partial charge in [0.2, 0.25) is 0 Å². The third-order valence-electron chi connectivity index (χ3n) is 3.17. The lowest BCUT2D eigenvalue weighted by molar-refractivity contribution is 0.282. The van der Waals surface area contributed by atoms with E-state index in [4.69, 9.17) is 11.6 Å². The monoisotopic (exact) mass is 267 g/mol. The van der Waals surface area contributed by atoms with Gasteiger partial charge in [0.1, 0.15) is 0 Å². The Morgan fingerprint density at radius 3 is 2.11 bits per heavy atom. The molecule has 0 unspecified atom stereocenters. The molecule has 0 bridgehead atoms. The van der Waals surface area contributed by atoms with Crippen molar-refractivity contribution in [1.29, 1.82) is 0 Å². The maximum Gasteiger partial charge on any atom is 0.0351 e. The zero-order valence-electron chi connectivity index (χ0n) is 12.2. The average molecular weight is 268 g/mol. The number of benzene rings is 1. The van der Waals surface area contributed by atoms with Crippen LogP contribution in [0.1, 0.15) is 45.2 Å². The molecule has 1 nitrogen and oxygen atoms in total. The Kier molecular flexibility index (Phi) is 6.17. The summed E-state index contributed by atoms with van der Waals surface area (Å²) in [6.07, 6.45) is 1.18. The predicted octanol–water partition coefficient (Wildman–Crippen LogP) is 4.43. The van der Waals surface area contributed by atoms with Gasteiger partial charge in [-0.25, -0.2) is 0 Å². The maximum absolute atomic E-state index is 5.84. The van der Waals surface area contributed by atoms with Crippen LogP contribution in [-0.2, 0) is 12.0 Å². The topological polar surface area (TPSA) is 3.24 Å². The van der Waals surface area contributed by atoms with Gasteiger partial charge in [0.05, 0.1) is 0 Å². The van der Waals surface area contributed by atoms with Crippen LogP contribution in [-0.4, -0.2) is 23.9 Å². The molecule has 0 N–H and O–H groups in total. The van der Waals surface area contributed by atoms with Gasteiger partial charge in [0, 0.05) is 19.0 Å². The van der Waals surface area contributed by atoms with Crippen LogP contribution in [0.15, 0.2) is 24.3 Å². The first-order valence-electron chi connectivity index (χ1n) is 6.85. The first-order valence-corrected chi connectivity index (χ1v) is 7.38. The highest BCUT2D eigenvalue weighted by molar-refractivity contribution is 6.18. The fraction of sp³-hybridized carbons (Fsp3) is 0.625. The molecule has 102 valence electrons. The van der Waals surface area contributed by atoms with Crippen molar-refractivity contribution >= 4 is 11.6 Å². The Balaban J connectivity index is 2.67. The summed E-state index contributed by atoms with van der Waals surface area (Å²) in [4.78, 5) is 2.42. The van der Waals surface area contributed by atoms with Crippen LogP contribution in [0.5, 0.6) is 0 Å². The normalized spacial score (nSPS) is 12.1. The maximum atomic E-state index is 5.84. The Morgan fingerprint density at radius 1 is 1.06 bits per heavy atom. The van der Waals surface area contributed by atoms with Crippen LogP contribution in [0.25, 0.3) is 0 Å². The molecule has 0 fully saturated rings. The van der Waals surface area contributed by atoms with E-state index in [1.54, 1.807) is 0 Å². The van der Waals surface area contributed by atoms with Crippen LogP contribution in [0.4, 0.5) is 0 Å². The minimum Gasteiger partial charge on any atom is -0.298 e. The Bertz CT molecular complexity index is 331. The molecule has 0 radical (unpaired) electrons. The number of hydrogen-bond acceptors (Lipinski definition) is 1. The van der Waals surface area contributed by atoms with Gasteiger partial charge in [-0.3, -0.25) is 4.90 Å². The number of rotatable bonds is 6. The van der Waals surface area contributed by atoms with Crippen LogP contribution in [0.3, 0.4) is 0 Å². The van der Waals surface area contributed by atoms with E-state index in [0.29, 0.717) is 5.88 Å². The standard InChI is InChI=1S/C16H26ClN/c1-5-11-18(12-10-17)13-14-6-8-15(9-7-14)16(2,3)4/h6-9H,5,10-13H2,1-4H3. The van der Waals surface area contributed by atoms with Crippen LogP contribution >= 0.6 is 11.6 Å². The fourth-order valence-corrected chi connectivity index (χ4v) is 2.31. The highest BCUT2D eigenvalue weighted by Crippen LogP contribution is 2.22. The second kappa shape index (κ2) is 7.16. The molecule has 18 heavy (non-hydrogen) atoms. The molecule has 1 rings (SSSR count). The van der Waals surface area contributed by atoms with Crippen LogP contribution in [0, 0.1) is 0 Å². The lowest BCUT2D eigenvalue weighted by Gasteiger charge is -2.22. The fourth-order valence-electron chi connectivity index (χ4n) is 2.07. The summed E-state index contributed by atoms with van der Waals surface area (Å²) in [5, 5.41) is 0. The lowest BCUT2D eigenvalue weighted by Crippen LogP contribution is -2.26. The molecule has 0 aliphatic carbocycles. The van der Waals surface area contributed by atoms with Gasteiger partial charge in [-0.2, -0.15) is 0 Å². The number of halogens is 1. The molecule has 0 saturated carbocycles. The first kappa shape index (κ1) is 15.5. The van der Waals surface area contributed by atoms with Gasteiger partial charge >= 0.3 is 0 Å². The van der Waals surface area contributed by atoms with Gasteiger partial charge in [-0.05, 0) is 29.5 Å². The van der Waals surface area contributed by atoms with E-state index in [2.05, 4.69) is 56.9 Å². The van der Waals surface area contributed by atoms with E-state index in [1.807, 2.05) is 0 Å². The molecule has 0 aliphatic rings. The molecule has 1 aromatic rings. The lowest BCUT2D eigenvalue weighted by atomic mass is 9.87. The molecular formula is C16H26ClN. The second-order valence-corrected chi connectivity index (χ2v) is 6.29. The number of nitrogens with zero attached hydrogens (tertiary/aromatic N) is 1. The van der Waals surface area contributed by atoms with E-state index in [-0.39, 0.29) is 5.41 Å².